The number of amides is 2. The molecule has 2 amide bonds. The summed E-state index contributed by atoms with van der Waals surface area (Å²) in [5.74, 6) is 0.807. The number of nitriles is 1. The quantitative estimate of drug-likeness (QED) is 0.847. The number of carbonyl (C=O) groups is 2. The van der Waals surface area contributed by atoms with E-state index in [1.807, 2.05) is 6.07 Å². The predicted octanol–water partition coefficient (Wildman–Crippen LogP) is 2.37. The minimum Gasteiger partial charge on any atom is -0.353 e. The first kappa shape index (κ1) is 16.8. The molecule has 1 heterocycles. The van der Waals surface area contributed by atoms with Crippen LogP contribution >= 0.6 is 0 Å². The molecule has 1 saturated heterocycles. The molecule has 2 rings (SSSR count). The normalized spacial score (nSPS) is 20.4. The van der Waals surface area contributed by atoms with Gasteiger partial charge in [0.2, 0.25) is 11.8 Å². The summed E-state index contributed by atoms with van der Waals surface area (Å²) < 4.78 is 0. The summed E-state index contributed by atoms with van der Waals surface area (Å²) in [6, 6.07) is 2.08. The lowest BCUT2D eigenvalue weighted by atomic mass is 9.86. The van der Waals surface area contributed by atoms with Crippen molar-refractivity contribution in [3.8, 4) is 6.07 Å². The monoisotopic (exact) mass is 305 g/mol. The highest BCUT2D eigenvalue weighted by Gasteiger charge is 2.23. The molecule has 0 aromatic carbocycles. The molecular formula is C17H27N3O2. The standard InChI is InChI=1S/C17H27N3O2/c18-11-8-17(22)20-12-9-15(10-13-20)19-16(21)7-6-14-4-2-1-3-5-14/h14-15H,1-10,12-13H2,(H,19,21). The third-order valence-electron chi connectivity index (χ3n) is 4.95. The second kappa shape index (κ2) is 8.77. The number of hydrogen-bond donors (Lipinski definition) is 1. The maximum atomic E-state index is 12.0. The van der Waals surface area contributed by atoms with E-state index in [-0.39, 0.29) is 24.3 Å². The van der Waals surface area contributed by atoms with Gasteiger partial charge in [0.15, 0.2) is 0 Å². The molecule has 2 fully saturated rings. The van der Waals surface area contributed by atoms with Crippen molar-refractivity contribution < 1.29 is 9.59 Å². The third-order valence-corrected chi connectivity index (χ3v) is 4.95. The van der Waals surface area contributed by atoms with Crippen molar-refractivity contribution in [1.29, 1.82) is 5.26 Å². The highest BCUT2D eigenvalue weighted by molar-refractivity contribution is 5.78. The Morgan fingerprint density at radius 1 is 1.09 bits per heavy atom. The first-order chi connectivity index (χ1) is 10.7. The molecular weight excluding hydrogens is 278 g/mol. The van der Waals surface area contributed by atoms with Gasteiger partial charge in [-0.05, 0) is 25.2 Å². The van der Waals surface area contributed by atoms with Gasteiger partial charge in [-0.15, -0.1) is 0 Å². The lowest BCUT2D eigenvalue weighted by molar-refractivity contribution is -0.131. The van der Waals surface area contributed by atoms with Gasteiger partial charge in [-0.2, -0.15) is 5.26 Å². The topological polar surface area (TPSA) is 73.2 Å². The van der Waals surface area contributed by atoms with E-state index < -0.39 is 0 Å². The van der Waals surface area contributed by atoms with Crippen LogP contribution in [0.4, 0.5) is 0 Å². The van der Waals surface area contributed by atoms with Gasteiger partial charge in [0, 0.05) is 25.6 Å². The van der Waals surface area contributed by atoms with Crippen molar-refractivity contribution in [1.82, 2.24) is 10.2 Å². The van der Waals surface area contributed by atoms with E-state index in [1.54, 1.807) is 4.90 Å². The molecule has 22 heavy (non-hydrogen) atoms. The van der Waals surface area contributed by atoms with E-state index in [9.17, 15) is 9.59 Å². The van der Waals surface area contributed by atoms with Crippen LogP contribution in [0.2, 0.25) is 0 Å². The van der Waals surface area contributed by atoms with Crippen LogP contribution in [0.15, 0.2) is 0 Å². The molecule has 1 aliphatic carbocycles. The fraction of sp³-hybridized carbons (Fsp3) is 0.824. The average molecular weight is 305 g/mol. The SMILES string of the molecule is N#CCC(=O)N1CCC(NC(=O)CCC2CCCCC2)CC1. The Hall–Kier alpha value is -1.57. The molecule has 0 spiro atoms. The molecule has 0 unspecified atom stereocenters. The minimum absolute atomic E-state index is 0.0432. The fourth-order valence-corrected chi connectivity index (χ4v) is 3.56. The number of hydrogen-bond acceptors (Lipinski definition) is 3. The van der Waals surface area contributed by atoms with E-state index >= 15 is 0 Å². The molecule has 0 radical (unpaired) electrons. The molecule has 0 atom stereocenters. The zero-order valence-electron chi connectivity index (χ0n) is 13.4. The zero-order valence-corrected chi connectivity index (χ0v) is 13.4. The predicted molar refractivity (Wildman–Crippen MR) is 83.8 cm³/mol. The zero-order chi connectivity index (χ0) is 15.8. The number of nitrogens with zero attached hydrogens (tertiary/aromatic N) is 2. The summed E-state index contributed by atoms with van der Waals surface area (Å²) in [5, 5.41) is 11.7. The van der Waals surface area contributed by atoms with Crippen LogP contribution in [0.3, 0.4) is 0 Å². The molecule has 1 saturated carbocycles. The molecule has 5 nitrogen and oxygen atoms in total. The van der Waals surface area contributed by atoms with Crippen molar-refractivity contribution in [3.63, 3.8) is 0 Å². The van der Waals surface area contributed by atoms with Crippen LogP contribution in [-0.2, 0) is 9.59 Å². The van der Waals surface area contributed by atoms with E-state index in [4.69, 9.17) is 5.26 Å². The summed E-state index contributed by atoms with van der Waals surface area (Å²) in [4.78, 5) is 25.4. The minimum atomic E-state index is -0.0930. The molecule has 122 valence electrons. The third kappa shape index (κ3) is 5.32. The van der Waals surface area contributed by atoms with Crippen molar-refractivity contribution >= 4 is 11.8 Å². The summed E-state index contributed by atoms with van der Waals surface area (Å²) in [6.07, 6.45) is 9.77. The van der Waals surface area contributed by atoms with Crippen LogP contribution in [0.25, 0.3) is 0 Å². The van der Waals surface area contributed by atoms with Gasteiger partial charge in [0.05, 0.1) is 6.07 Å². The molecule has 0 aromatic heterocycles. The number of likely N-dealkylation sites (tertiary alicyclic amines) is 1. The van der Waals surface area contributed by atoms with Crippen LogP contribution < -0.4 is 5.32 Å². The molecule has 5 heteroatoms. The summed E-state index contributed by atoms with van der Waals surface area (Å²) in [7, 11) is 0. The first-order valence-electron chi connectivity index (χ1n) is 8.63. The summed E-state index contributed by atoms with van der Waals surface area (Å²) in [6.45, 7) is 1.29. The number of carbonyl (C=O) groups excluding carboxylic acids is 2. The van der Waals surface area contributed by atoms with Gasteiger partial charge in [-0.1, -0.05) is 32.1 Å². The van der Waals surface area contributed by atoms with Gasteiger partial charge < -0.3 is 10.2 Å². The number of nitrogens with one attached hydrogen (secondary N) is 1. The first-order valence-corrected chi connectivity index (χ1v) is 8.63. The Morgan fingerprint density at radius 2 is 1.77 bits per heavy atom. The van der Waals surface area contributed by atoms with Crippen molar-refractivity contribution in [2.45, 2.75) is 70.3 Å². The Bertz CT molecular complexity index is 416. The Labute approximate surface area is 133 Å². The van der Waals surface area contributed by atoms with E-state index in [1.165, 1.54) is 32.1 Å². The molecule has 0 bridgehead atoms. The van der Waals surface area contributed by atoms with Gasteiger partial charge in [0.25, 0.3) is 0 Å². The highest BCUT2D eigenvalue weighted by atomic mass is 16.2. The van der Waals surface area contributed by atoms with Crippen molar-refractivity contribution in [3.05, 3.63) is 0 Å². The van der Waals surface area contributed by atoms with Crippen LogP contribution in [-0.4, -0.2) is 35.8 Å². The van der Waals surface area contributed by atoms with Gasteiger partial charge in [-0.25, -0.2) is 0 Å². The molecule has 0 aromatic rings. The Kier molecular flexibility index (Phi) is 6.70. The van der Waals surface area contributed by atoms with Crippen LogP contribution in [0.1, 0.15) is 64.2 Å². The second-order valence-electron chi connectivity index (χ2n) is 6.60. The summed E-state index contributed by atoms with van der Waals surface area (Å²) >= 11 is 0. The maximum Gasteiger partial charge on any atom is 0.236 e. The van der Waals surface area contributed by atoms with Gasteiger partial charge in [0.1, 0.15) is 6.42 Å². The largest absolute Gasteiger partial charge is 0.353 e. The van der Waals surface area contributed by atoms with E-state index in [0.29, 0.717) is 19.5 Å². The average Bonchev–Trinajstić information content (AvgIpc) is 2.55. The van der Waals surface area contributed by atoms with Gasteiger partial charge >= 0.3 is 0 Å². The fourth-order valence-electron chi connectivity index (χ4n) is 3.56. The van der Waals surface area contributed by atoms with Crippen molar-refractivity contribution in [2.24, 2.45) is 5.92 Å². The van der Waals surface area contributed by atoms with Crippen LogP contribution in [0.5, 0.6) is 0 Å². The van der Waals surface area contributed by atoms with Crippen molar-refractivity contribution in [2.75, 3.05) is 13.1 Å². The number of rotatable bonds is 5. The Morgan fingerprint density at radius 3 is 2.41 bits per heavy atom. The molecule has 2 aliphatic rings. The van der Waals surface area contributed by atoms with E-state index in [2.05, 4.69) is 5.32 Å². The second-order valence-corrected chi connectivity index (χ2v) is 6.60. The molecule has 1 N–H and O–H groups in total. The van der Waals surface area contributed by atoms with E-state index in [0.717, 1.165) is 25.2 Å². The summed E-state index contributed by atoms with van der Waals surface area (Å²) in [5.41, 5.74) is 0. The number of piperidine rings is 1. The maximum absolute atomic E-state index is 12.0. The lowest BCUT2D eigenvalue weighted by Gasteiger charge is -2.32. The Balaban J connectivity index is 1.62. The molecule has 1 aliphatic heterocycles. The lowest BCUT2D eigenvalue weighted by Crippen LogP contribution is -2.46. The highest BCUT2D eigenvalue weighted by Crippen LogP contribution is 2.27. The van der Waals surface area contributed by atoms with Crippen LogP contribution in [0, 0.1) is 17.2 Å². The smallest absolute Gasteiger partial charge is 0.236 e. The van der Waals surface area contributed by atoms with Gasteiger partial charge in [-0.3, -0.25) is 9.59 Å².